The van der Waals surface area contributed by atoms with Gasteiger partial charge in [0.05, 0.1) is 37.3 Å². The maximum absolute atomic E-state index is 12.8. The van der Waals surface area contributed by atoms with Crippen LogP contribution >= 0.6 is 0 Å². The lowest BCUT2D eigenvalue weighted by molar-refractivity contribution is -0.131. The fourth-order valence-corrected chi connectivity index (χ4v) is 3.23. The van der Waals surface area contributed by atoms with E-state index in [9.17, 15) is 9.90 Å². The number of amides is 1. The van der Waals surface area contributed by atoms with Gasteiger partial charge in [0.15, 0.2) is 0 Å². The summed E-state index contributed by atoms with van der Waals surface area (Å²) in [5.41, 5.74) is 2.39. The minimum absolute atomic E-state index is 0.0333. The summed E-state index contributed by atoms with van der Waals surface area (Å²) >= 11 is 0. The fraction of sp³-hybridized carbons (Fsp3) is 0.300. The normalized spacial score (nSPS) is 19.5. The average Bonchev–Trinajstić information content (AvgIpc) is 3.04. The van der Waals surface area contributed by atoms with E-state index in [0.29, 0.717) is 18.5 Å². The number of ether oxygens (including phenoxy) is 1. The van der Waals surface area contributed by atoms with Crippen molar-refractivity contribution in [3.8, 4) is 11.8 Å². The summed E-state index contributed by atoms with van der Waals surface area (Å²) in [5, 5.41) is 18.9. The summed E-state index contributed by atoms with van der Waals surface area (Å²) in [5.74, 6) is 0.701. The van der Waals surface area contributed by atoms with Crippen molar-refractivity contribution in [1.82, 2.24) is 4.90 Å². The molecule has 1 aliphatic heterocycles. The molecule has 25 heavy (non-hydrogen) atoms. The first-order chi connectivity index (χ1) is 12.1. The molecule has 1 N–H and O–H groups in total. The van der Waals surface area contributed by atoms with Crippen LogP contribution in [0.25, 0.3) is 0 Å². The maximum atomic E-state index is 12.8. The van der Waals surface area contributed by atoms with Crippen LogP contribution in [0.3, 0.4) is 0 Å². The predicted molar refractivity (Wildman–Crippen MR) is 92.9 cm³/mol. The van der Waals surface area contributed by atoms with Crippen molar-refractivity contribution in [2.45, 2.75) is 25.0 Å². The number of rotatable bonds is 4. The van der Waals surface area contributed by atoms with Gasteiger partial charge in [-0.15, -0.1) is 0 Å². The summed E-state index contributed by atoms with van der Waals surface area (Å²) < 4.78 is 5.26. The van der Waals surface area contributed by atoms with Crippen molar-refractivity contribution in [2.24, 2.45) is 0 Å². The van der Waals surface area contributed by atoms with Gasteiger partial charge in [0.25, 0.3) is 0 Å². The molecule has 1 saturated heterocycles. The molecule has 3 rings (SSSR count). The fourth-order valence-electron chi connectivity index (χ4n) is 3.23. The van der Waals surface area contributed by atoms with Gasteiger partial charge in [-0.1, -0.05) is 24.3 Å². The Labute approximate surface area is 147 Å². The highest BCUT2D eigenvalue weighted by molar-refractivity contribution is 5.79. The Balaban J connectivity index is 1.78. The van der Waals surface area contributed by atoms with Crippen molar-refractivity contribution in [3.63, 3.8) is 0 Å². The average molecular weight is 336 g/mol. The number of likely N-dealkylation sites (tertiary alicyclic amines) is 1. The Morgan fingerprint density at radius 1 is 1.32 bits per heavy atom. The Bertz CT molecular complexity index is 795. The van der Waals surface area contributed by atoms with Crippen LogP contribution in [-0.4, -0.2) is 35.7 Å². The standard InChI is InChI=1S/C20H20N2O3/c1-25-18-4-2-3-16(10-18)19-11-17(23)13-22(19)20(24)9-14-5-7-15(12-21)8-6-14/h2-8,10,17,19,23H,9,11,13H2,1H3/t17-,19-/m1/s1. The van der Waals surface area contributed by atoms with E-state index in [1.54, 1.807) is 36.3 Å². The molecule has 0 spiro atoms. The molecule has 0 saturated carbocycles. The molecule has 0 radical (unpaired) electrons. The van der Waals surface area contributed by atoms with E-state index >= 15 is 0 Å². The number of nitrogens with zero attached hydrogens (tertiary/aromatic N) is 2. The second-order valence-corrected chi connectivity index (χ2v) is 6.21. The minimum atomic E-state index is -0.527. The number of nitriles is 1. The van der Waals surface area contributed by atoms with Gasteiger partial charge in [0.2, 0.25) is 5.91 Å². The molecule has 1 heterocycles. The highest BCUT2D eigenvalue weighted by Crippen LogP contribution is 2.34. The summed E-state index contributed by atoms with van der Waals surface area (Å²) in [6.45, 7) is 0.330. The van der Waals surface area contributed by atoms with E-state index in [1.165, 1.54) is 0 Å². The van der Waals surface area contributed by atoms with Crippen LogP contribution in [0.5, 0.6) is 5.75 Å². The minimum Gasteiger partial charge on any atom is -0.497 e. The van der Waals surface area contributed by atoms with Gasteiger partial charge in [-0.2, -0.15) is 5.26 Å². The molecule has 0 bridgehead atoms. The molecule has 0 unspecified atom stereocenters. The van der Waals surface area contributed by atoms with Gasteiger partial charge in [0.1, 0.15) is 5.75 Å². The number of carbonyl (C=O) groups is 1. The second kappa shape index (κ2) is 7.37. The lowest BCUT2D eigenvalue weighted by Gasteiger charge is -2.25. The Morgan fingerprint density at radius 3 is 2.76 bits per heavy atom. The second-order valence-electron chi connectivity index (χ2n) is 6.21. The van der Waals surface area contributed by atoms with Crippen molar-refractivity contribution >= 4 is 5.91 Å². The summed E-state index contributed by atoms with van der Waals surface area (Å²) in [4.78, 5) is 14.5. The van der Waals surface area contributed by atoms with E-state index in [0.717, 1.165) is 16.9 Å². The quantitative estimate of drug-likeness (QED) is 0.931. The third kappa shape index (κ3) is 3.81. The molecule has 2 aromatic rings. The Hall–Kier alpha value is -2.84. The number of methoxy groups -OCH3 is 1. The highest BCUT2D eigenvalue weighted by Gasteiger charge is 2.35. The number of aliphatic hydroxyl groups is 1. The van der Waals surface area contributed by atoms with Gasteiger partial charge in [-0.3, -0.25) is 4.79 Å². The first kappa shape index (κ1) is 17.0. The molecule has 0 aromatic heterocycles. The van der Waals surface area contributed by atoms with Crippen molar-refractivity contribution in [3.05, 3.63) is 65.2 Å². The van der Waals surface area contributed by atoms with Crippen molar-refractivity contribution in [2.75, 3.05) is 13.7 Å². The molecule has 1 fully saturated rings. The monoisotopic (exact) mass is 336 g/mol. The lowest BCUT2D eigenvalue weighted by Crippen LogP contribution is -2.33. The lowest BCUT2D eigenvalue weighted by atomic mass is 10.0. The number of carbonyl (C=O) groups excluding carboxylic acids is 1. The zero-order chi connectivity index (χ0) is 17.8. The number of β-amino-alcohol motifs (C(OH)–C–C–N with tert-alkyl or cyclic N) is 1. The van der Waals surface area contributed by atoms with Crippen molar-refractivity contribution in [1.29, 1.82) is 5.26 Å². The zero-order valence-electron chi connectivity index (χ0n) is 14.1. The van der Waals surface area contributed by atoms with Gasteiger partial charge in [0, 0.05) is 6.54 Å². The van der Waals surface area contributed by atoms with Gasteiger partial charge in [-0.05, 0) is 41.8 Å². The Morgan fingerprint density at radius 2 is 2.08 bits per heavy atom. The largest absolute Gasteiger partial charge is 0.497 e. The summed E-state index contributed by atoms with van der Waals surface area (Å²) in [6, 6.07) is 16.5. The molecule has 0 aliphatic carbocycles. The highest BCUT2D eigenvalue weighted by atomic mass is 16.5. The van der Waals surface area contributed by atoms with Crippen LogP contribution in [-0.2, 0) is 11.2 Å². The SMILES string of the molecule is COc1cccc([C@H]2C[C@@H](O)CN2C(=O)Cc2ccc(C#N)cc2)c1. The molecule has 2 atom stereocenters. The third-order valence-corrected chi connectivity index (χ3v) is 4.52. The van der Waals surface area contributed by atoms with E-state index in [1.807, 2.05) is 24.3 Å². The van der Waals surface area contributed by atoms with E-state index in [4.69, 9.17) is 10.00 Å². The van der Waals surface area contributed by atoms with Crippen LogP contribution < -0.4 is 4.74 Å². The summed E-state index contributed by atoms with van der Waals surface area (Å²) in [7, 11) is 1.61. The third-order valence-electron chi connectivity index (χ3n) is 4.52. The van der Waals surface area contributed by atoms with Crippen LogP contribution in [0.1, 0.15) is 29.2 Å². The molecule has 128 valence electrons. The number of benzene rings is 2. The molecule has 5 heteroatoms. The van der Waals surface area contributed by atoms with E-state index in [2.05, 4.69) is 6.07 Å². The van der Waals surface area contributed by atoms with Gasteiger partial charge < -0.3 is 14.7 Å². The van der Waals surface area contributed by atoms with Gasteiger partial charge >= 0.3 is 0 Å². The number of hydrogen-bond donors (Lipinski definition) is 1. The van der Waals surface area contributed by atoms with Crippen LogP contribution in [0.4, 0.5) is 0 Å². The zero-order valence-corrected chi connectivity index (χ0v) is 14.1. The topological polar surface area (TPSA) is 73.6 Å². The molecule has 1 amide bonds. The smallest absolute Gasteiger partial charge is 0.227 e. The van der Waals surface area contributed by atoms with Crippen LogP contribution in [0, 0.1) is 11.3 Å². The molecule has 5 nitrogen and oxygen atoms in total. The first-order valence-electron chi connectivity index (χ1n) is 8.21. The Kier molecular flexibility index (Phi) is 5.01. The first-order valence-corrected chi connectivity index (χ1v) is 8.21. The van der Waals surface area contributed by atoms with Crippen LogP contribution in [0.2, 0.25) is 0 Å². The predicted octanol–water partition coefficient (Wildman–Crippen LogP) is 2.44. The molecular formula is C20H20N2O3. The molecule has 2 aromatic carbocycles. The maximum Gasteiger partial charge on any atom is 0.227 e. The van der Waals surface area contributed by atoms with E-state index < -0.39 is 6.10 Å². The van der Waals surface area contributed by atoms with Crippen molar-refractivity contribution < 1.29 is 14.6 Å². The van der Waals surface area contributed by atoms with Gasteiger partial charge in [-0.25, -0.2) is 0 Å². The summed E-state index contributed by atoms with van der Waals surface area (Å²) in [6.07, 6.45) is 0.242. The number of hydrogen-bond acceptors (Lipinski definition) is 4. The van der Waals surface area contributed by atoms with Crippen LogP contribution in [0.15, 0.2) is 48.5 Å². The number of aliphatic hydroxyl groups excluding tert-OH is 1. The molecular weight excluding hydrogens is 316 g/mol. The van der Waals surface area contributed by atoms with E-state index in [-0.39, 0.29) is 18.4 Å². The molecule has 1 aliphatic rings.